The molecular weight excluding hydrogens is 174 g/mol. The van der Waals surface area contributed by atoms with Crippen molar-refractivity contribution >= 4 is 11.6 Å². The normalized spacial score (nSPS) is 11.2. The fraction of sp³-hybridized carbons (Fsp3) is 0.250. The maximum atomic E-state index is 11.4. The van der Waals surface area contributed by atoms with Crippen LogP contribution in [0.3, 0.4) is 0 Å². The van der Waals surface area contributed by atoms with Gasteiger partial charge in [-0.1, -0.05) is 23.8 Å². The van der Waals surface area contributed by atoms with Gasteiger partial charge in [0.1, 0.15) is 0 Å². The number of nitrogens with one attached hydrogen (secondary N) is 1. The standard InChI is InChI=1S/C12H15NO/c1-4-10(3)12(14)13-11-7-5-9(2)6-8-11/h4-8H,1-3H3,(H,13,14). The molecule has 1 aromatic carbocycles. The van der Waals surface area contributed by atoms with Gasteiger partial charge in [-0.2, -0.15) is 0 Å². The van der Waals surface area contributed by atoms with Gasteiger partial charge in [0.05, 0.1) is 0 Å². The SMILES string of the molecule is CC=C(C)C(=O)Nc1ccc(C)cc1. The second-order valence-electron chi connectivity index (χ2n) is 3.29. The monoisotopic (exact) mass is 189 g/mol. The van der Waals surface area contributed by atoms with Crippen LogP contribution < -0.4 is 5.32 Å². The molecule has 0 fully saturated rings. The molecule has 2 heteroatoms. The molecule has 74 valence electrons. The smallest absolute Gasteiger partial charge is 0.250 e. The summed E-state index contributed by atoms with van der Waals surface area (Å²) in [5, 5.41) is 2.81. The van der Waals surface area contributed by atoms with Gasteiger partial charge in [-0.3, -0.25) is 4.79 Å². The maximum Gasteiger partial charge on any atom is 0.250 e. The zero-order valence-electron chi connectivity index (χ0n) is 8.79. The van der Waals surface area contributed by atoms with Crippen molar-refractivity contribution in [3.8, 4) is 0 Å². The minimum atomic E-state index is -0.0450. The first kappa shape index (κ1) is 10.5. The number of hydrogen-bond donors (Lipinski definition) is 1. The lowest BCUT2D eigenvalue weighted by molar-refractivity contribution is -0.112. The Balaban J connectivity index is 2.70. The van der Waals surface area contributed by atoms with Crippen molar-refractivity contribution in [3.63, 3.8) is 0 Å². The Kier molecular flexibility index (Phi) is 3.46. The second-order valence-corrected chi connectivity index (χ2v) is 3.29. The highest BCUT2D eigenvalue weighted by molar-refractivity contribution is 6.03. The minimum Gasteiger partial charge on any atom is -0.322 e. The highest BCUT2D eigenvalue weighted by atomic mass is 16.1. The molecule has 0 radical (unpaired) electrons. The predicted molar refractivity (Wildman–Crippen MR) is 59.2 cm³/mol. The van der Waals surface area contributed by atoms with Crippen LogP contribution in [0.5, 0.6) is 0 Å². The van der Waals surface area contributed by atoms with E-state index in [9.17, 15) is 4.79 Å². The van der Waals surface area contributed by atoms with Crippen molar-refractivity contribution in [1.82, 2.24) is 0 Å². The molecule has 0 heterocycles. The van der Waals surface area contributed by atoms with Crippen LogP contribution in [0.25, 0.3) is 0 Å². The molecule has 1 N–H and O–H groups in total. The van der Waals surface area contributed by atoms with Crippen LogP contribution in [0.2, 0.25) is 0 Å². The average Bonchev–Trinajstić information content (AvgIpc) is 2.20. The molecule has 0 aliphatic heterocycles. The molecule has 0 unspecified atom stereocenters. The lowest BCUT2D eigenvalue weighted by Gasteiger charge is -2.04. The number of benzene rings is 1. The summed E-state index contributed by atoms with van der Waals surface area (Å²) in [6, 6.07) is 7.74. The van der Waals surface area contributed by atoms with E-state index in [0.29, 0.717) is 0 Å². The Bertz CT molecular complexity index is 349. The molecular formula is C12H15NO. The summed E-state index contributed by atoms with van der Waals surface area (Å²) in [5.41, 5.74) is 2.75. The molecule has 0 aliphatic rings. The summed E-state index contributed by atoms with van der Waals surface area (Å²) >= 11 is 0. The molecule has 14 heavy (non-hydrogen) atoms. The molecule has 1 amide bonds. The number of hydrogen-bond acceptors (Lipinski definition) is 1. The number of anilines is 1. The van der Waals surface area contributed by atoms with Gasteiger partial charge in [-0.25, -0.2) is 0 Å². The van der Waals surface area contributed by atoms with Crippen LogP contribution in [0, 0.1) is 6.92 Å². The summed E-state index contributed by atoms with van der Waals surface area (Å²) in [6.07, 6.45) is 1.80. The van der Waals surface area contributed by atoms with Crippen LogP contribution in [0.1, 0.15) is 19.4 Å². The van der Waals surface area contributed by atoms with Gasteiger partial charge in [-0.15, -0.1) is 0 Å². The van der Waals surface area contributed by atoms with Crippen LogP contribution in [-0.2, 0) is 4.79 Å². The number of aryl methyl sites for hydroxylation is 1. The third kappa shape index (κ3) is 2.73. The van der Waals surface area contributed by atoms with Crippen molar-refractivity contribution in [2.45, 2.75) is 20.8 Å². The number of rotatable bonds is 2. The van der Waals surface area contributed by atoms with Crippen LogP contribution in [0.15, 0.2) is 35.9 Å². The molecule has 0 atom stereocenters. The summed E-state index contributed by atoms with van der Waals surface area (Å²) in [6.45, 7) is 5.66. The van der Waals surface area contributed by atoms with Crippen molar-refractivity contribution in [2.24, 2.45) is 0 Å². The van der Waals surface area contributed by atoms with E-state index in [0.717, 1.165) is 11.3 Å². The lowest BCUT2D eigenvalue weighted by Crippen LogP contribution is -2.12. The van der Waals surface area contributed by atoms with Gasteiger partial charge in [0.25, 0.3) is 5.91 Å². The fourth-order valence-corrected chi connectivity index (χ4v) is 0.998. The molecule has 0 aromatic heterocycles. The Hall–Kier alpha value is -1.57. The van der Waals surface area contributed by atoms with Gasteiger partial charge >= 0.3 is 0 Å². The second kappa shape index (κ2) is 4.61. The van der Waals surface area contributed by atoms with E-state index in [1.54, 1.807) is 13.0 Å². The van der Waals surface area contributed by atoms with Crippen molar-refractivity contribution in [3.05, 3.63) is 41.5 Å². The minimum absolute atomic E-state index is 0.0450. The van der Waals surface area contributed by atoms with Gasteiger partial charge in [0, 0.05) is 11.3 Å². The average molecular weight is 189 g/mol. The summed E-state index contributed by atoms with van der Waals surface area (Å²) < 4.78 is 0. The number of carbonyl (C=O) groups is 1. The lowest BCUT2D eigenvalue weighted by atomic mass is 10.2. The summed E-state index contributed by atoms with van der Waals surface area (Å²) in [7, 11) is 0. The molecule has 1 rings (SSSR count). The van der Waals surface area contributed by atoms with Crippen LogP contribution >= 0.6 is 0 Å². The first-order valence-corrected chi connectivity index (χ1v) is 4.64. The number of allylic oxidation sites excluding steroid dienone is 1. The molecule has 2 nitrogen and oxygen atoms in total. The van der Waals surface area contributed by atoms with Crippen LogP contribution in [-0.4, -0.2) is 5.91 Å². The van der Waals surface area contributed by atoms with E-state index in [1.165, 1.54) is 5.56 Å². The van der Waals surface area contributed by atoms with E-state index in [-0.39, 0.29) is 5.91 Å². The zero-order valence-corrected chi connectivity index (χ0v) is 8.79. The topological polar surface area (TPSA) is 29.1 Å². The molecule has 0 spiro atoms. The number of carbonyl (C=O) groups excluding carboxylic acids is 1. The summed E-state index contributed by atoms with van der Waals surface area (Å²) in [5.74, 6) is -0.0450. The first-order chi connectivity index (χ1) is 6.63. The third-order valence-corrected chi connectivity index (χ3v) is 2.10. The fourth-order valence-electron chi connectivity index (χ4n) is 0.998. The Morgan fingerprint density at radius 1 is 1.29 bits per heavy atom. The Labute approximate surface area is 84.6 Å². The van der Waals surface area contributed by atoms with Gasteiger partial charge in [0.15, 0.2) is 0 Å². The van der Waals surface area contributed by atoms with Gasteiger partial charge in [0.2, 0.25) is 0 Å². The highest BCUT2D eigenvalue weighted by Gasteiger charge is 2.02. The Morgan fingerprint density at radius 3 is 2.36 bits per heavy atom. The van der Waals surface area contributed by atoms with Gasteiger partial charge in [-0.05, 0) is 32.9 Å². The maximum absolute atomic E-state index is 11.4. The van der Waals surface area contributed by atoms with Gasteiger partial charge < -0.3 is 5.32 Å². The van der Waals surface area contributed by atoms with E-state index in [2.05, 4.69) is 5.32 Å². The van der Waals surface area contributed by atoms with E-state index in [1.807, 2.05) is 38.1 Å². The quantitative estimate of drug-likeness (QED) is 0.712. The van der Waals surface area contributed by atoms with E-state index in [4.69, 9.17) is 0 Å². The van der Waals surface area contributed by atoms with Crippen molar-refractivity contribution < 1.29 is 4.79 Å². The zero-order chi connectivity index (χ0) is 10.6. The molecule has 0 saturated carbocycles. The number of amides is 1. The van der Waals surface area contributed by atoms with E-state index < -0.39 is 0 Å². The molecule has 1 aromatic rings. The largest absolute Gasteiger partial charge is 0.322 e. The molecule has 0 bridgehead atoms. The van der Waals surface area contributed by atoms with Crippen LogP contribution in [0.4, 0.5) is 5.69 Å². The molecule has 0 saturated heterocycles. The highest BCUT2D eigenvalue weighted by Crippen LogP contribution is 2.09. The van der Waals surface area contributed by atoms with E-state index >= 15 is 0 Å². The first-order valence-electron chi connectivity index (χ1n) is 4.64. The van der Waals surface area contributed by atoms with Crippen molar-refractivity contribution in [2.75, 3.05) is 5.32 Å². The third-order valence-electron chi connectivity index (χ3n) is 2.10. The predicted octanol–water partition coefficient (Wildman–Crippen LogP) is 2.90. The Morgan fingerprint density at radius 2 is 1.86 bits per heavy atom. The summed E-state index contributed by atoms with van der Waals surface area (Å²) in [4.78, 5) is 11.4. The van der Waals surface area contributed by atoms with Crippen molar-refractivity contribution in [1.29, 1.82) is 0 Å². The molecule has 0 aliphatic carbocycles.